The molecule has 0 bridgehead atoms. The number of pyridine rings is 1. The van der Waals surface area contributed by atoms with Crippen LogP contribution in [-0.2, 0) is 0 Å². The summed E-state index contributed by atoms with van der Waals surface area (Å²) >= 11 is 0. The van der Waals surface area contributed by atoms with Crippen LogP contribution in [0.15, 0.2) is 24.5 Å². The monoisotopic (exact) mass is 422 g/mol. The number of nitrogens with one attached hydrogen (secondary N) is 1. The molecule has 5 rings (SSSR count). The third-order valence-electron chi connectivity index (χ3n) is 10.6. The van der Waals surface area contributed by atoms with Crippen molar-refractivity contribution in [3.05, 3.63) is 30.1 Å². The van der Waals surface area contributed by atoms with Crippen molar-refractivity contribution in [3.63, 3.8) is 0 Å². The second-order valence-electron chi connectivity index (χ2n) is 12.2. The number of amides is 1. The maximum Gasteiger partial charge on any atom is 0.252 e. The normalized spacial score (nSPS) is 44.5. The molecule has 1 heterocycles. The number of fused-ring (bicyclic) bond motifs is 5. The number of rotatable bonds is 3. The molecule has 1 N–H and O–H groups in total. The van der Waals surface area contributed by atoms with Gasteiger partial charge < -0.3 is 5.32 Å². The van der Waals surface area contributed by atoms with E-state index in [-0.39, 0.29) is 5.91 Å². The first kappa shape index (κ1) is 21.5. The quantitative estimate of drug-likeness (QED) is 0.604. The van der Waals surface area contributed by atoms with Crippen molar-refractivity contribution in [2.75, 3.05) is 6.54 Å². The van der Waals surface area contributed by atoms with E-state index >= 15 is 0 Å². The zero-order chi connectivity index (χ0) is 21.6. The van der Waals surface area contributed by atoms with Gasteiger partial charge in [0, 0.05) is 18.9 Å². The molecule has 1 aromatic heterocycles. The van der Waals surface area contributed by atoms with Crippen LogP contribution in [0.3, 0.4) is 0 Å². The van der Waals surface area contributed by atoms with Crippen LogP contribution in [0.2, 0.25) is 0 Å². The van der Waals surface area contributed by atoms with E-state index < -0.39 is 0 Å². The van der Waals surface area contributed by atoms with E-state index in [2.05, 4.69) is 31.1 Å². The fraction of sp³-hybridized carbons (Fsp3) is 0.786. The standard InChI is InChI=1S/C28H42N2O/c1-19-9-10-24-22-12-14-28(3)21(18-30-26(31)20-6-5-15-29-17-20)7-4-8-25(28)23(22)11-13-27(24,2)16-19/h5-6,15,17,19,21-25H,4,7-14,16,18H2,1-3H3,(H,30,31)/t19-,21+,22-,23+,24+,25-,27+,28+/m0/s1. The third-order valence-corrected chi connectivity index (χ3v) is 10.6. The number of hydrogen-bond donors (Lipinski definition) is 1. The molecule has 4 aliphatic carbocycles. The Kier molecular flexibility index (Phi) is 5.67. The predicted octanol–water partition coefficient (Wildman–Crippen LogP) is 6.50. The molecule has 1 amide bonds. The average Bonchev–Trinajstić information content (AvgIpc) is 2.77. The molecular weight excluding hydrogens is 380 g/mol. The lowest BCUT2D eigenvalue weighted by Gasteiger charge is -2.63. The van der Waals surface area contributed by atoms with Crippen molar-refractivity contribution < 1.29 is 4.79 Å². The van der Waals surface area contributed by atoms with Crippen molar-refractivity contribution in [2.24, 2.45) is 46.3 Å². The molecule has 4 aliphatic rings. The lowest BCUT2D eigenvalue weighted by Crippen LogP contribution is -2.56. The van der Waals surface area contributed by atoms with Gasteiger partial charge in [-0.2, -0.15) is 0 Å². The second kappa shape index (κ2) is 8.19. The van der Waals surface area contributed by atoms with Gasteiger partial charge >= 0.3 is 0 Å². The van der Waals surface area contributed by atoms with Crippen LogP contribution in [0.25, 0.3) is 0 Å². The lowest BCUT2D eigenvalue weighted by molar-refractivity contribution is -0.132. The van der Waals surface area contributed by atoms with Gasteiger partial charge in [-0.1, -0.05) is 33.6 Å². The summed E-state index contributed by atoms with van der Waals surface area (Å²) in [5, 5.41) is 3.28. The molecule has 31 heavy (non-hydrogen) atoms. The summed E-state index contributed by atoms with van der Waals surface area (Å²) in [6, 6.07) is 3.71. The number of carbonyl (C=O) groups is 1. The first-order valence-corrected chi connectivity index (χ1v) is 13.1. The maximum absolute atomic E-state index is 12.6. The Hall–Kier alpha value is -1.38. The molecule has 0 aliphatic heterocycles. The van der Waals surface area contributed by atoms with Crippen molar-refractivity contribution in [3.8, 4) is 0 Å². The summed E-state index contributed by atoms with van der Waals surface area (Å²) in [7, 11) is 0. The molecule has 0 aromatic carbocycles. The third kappa shape index (κ3) is 3.74. The Balaban J connectivity index is 1.29. The van der Waals surface area contributed by atoms with Gasteiger partial charge in [0.1, 0.15) is 0 Å². The summed E-state index contributed by atoms with van der Waals surface area (Å²) in [5.41, 5.74) is 1.69. The molecule has 4 saturated carbocycles. The van der Waals surface area contributed by atoms with E-state index in [1.807, 2.05) is 12.1 Å². The first-order chi connectivity index (χ1) is 14.9. The SMILES string of the molecule is C[C@H]1CC[C@@H]2[C@H]3CC[C@]4(C)[C@@H](CNC(=O)c5cccnc5)CCC[C@H]4[C@@H]3CC[C@]2(C)C1. The Bertz CT molecular complexity index is 793. The number of nitrogens with zero attached hydrogens (tertiary/aromatic N) is 1. The van der Waals surface area contributed by atoms with Crippen LogP contribution in [0.4, 0.5) is 0 Å². The highest BCUT2D eigenvalue weighted by Crippen LogP contribution is 2.65. The summed E-state index contributed by atoms with van der Waals surface area (Å²) in [4.78, 5) is 16.8. The van der Waals surface area contributed by atoms with Crippen molar-refractivity contribution >= 4 is 5.91 Å². The van der Waals surface area contributed by atoms with Gasteiger partial charge in [-0.25, -0.2) is 0 Å². The predicted molar refractivity (Wildman–Crippen MR) is 126 cm³/mol. The van der Waals surface area contributed by atoms with E-state index in [0.717, 1.165) is 36.1 Å². The zero-order valence-corrected chi connectivity index (χ0v) is 19.9. The van der Waals surface area contributed by atoms with Gasteiger partial charge in [0.25, 0.3) is 5.91 Å². The lowest BCUT2D eigenvalue weighted by atomic mass is 9.42. The first-order valence-electron chi connectivity index (χ1n) is 13.1. The summed E-state index contributed by atoms with van der Waals surface area (Å²) < 4.78 is 0. The minimum atomic E-state index is 0.0391. The number of hydrogen-bond acceptors (Lipinski definition) is 2. The van der Waals surface area contributed by atoms with Gasteiger partial charge in [0.15, 0.2) is 0 Å². The molecule has 3 nitrogen and oxygen atoms in total. The maximum atomic E-state index is 12.6. The molecule has 170 valence electrons. The fourth-order valence-electron chi connectivity index (χ4n) is 9.07. The van der Waals surface area contributed by atoms with Crippen molar-refractivity contribution in [2.45, 2.75) is 85.0 Å². The smallest absolute Gasteiger partial charge is 0.252 e. The zero-order valence-electron chi connectivity index (χ0n) is 19.9. The minimum absolute atomic E-state index is 0.0391. The van der Waals surface area contributed by atoms with Crippen LogP contribution < -0.4 is 5.32 Å². The van der Waals surface area contributed by atoms with Gasteiger partial charge in [-0.3, -0.25) is 9.78 Å². The fourth-order valence-corrected chi connectivity index (χ4v) is 9.07. The largest absolute Gasteiger partial charge is 0.352 e. The summed E-state index contributed by atoms with van der Waals surface area (Å²) in [6.45, 7) is 8.54. The molecule has 0 radical (unpaired) electrons. The Morgan fingerprint density at radius 3 is 2.68 bits per heavy atom. The summed E-state index contributed by atoms with van der Waals surface area (Å²) in [5.74, 6) is 5.32. The molecule has 0 spiro atoms. The van der Waals surface area contributed by atoms with Crippen LogP contribution in [0, 0.1) is 46.3 Å². The van der Waals surface area contributed by atoms with E-state index in [0.29, 0.717) is 22.3 Å². The van der Waals surface area contributed by atoms with Gasteiger partial charge in [0.2, 0.25) is 0 Å². The molecule has 4 fully saturated rings. The van der Waals surface area contributed by atoms with E-state index in [4.69, 9.17) is 0 Å². The molecule has 3 heteroatoms. The van der Waals surface area contributed by atoms with Crippen LogP contribution in [0.1, 0.15) is 95.3 Å². The van der Waals surface area contributed by atoms with E-state index in [1.165, 1.54) is 64.2 Å². The Labute approximate surface area is 189 Å². The summed E-state index contributed by atoms with van der Waals surface area (Å²) in [6.07, 6.45) is 17.6. The number of aromatic nitrogens is 1. The highest BCUT2D eigenvalue weighted by Gasteiger charge is 2.57. The molecule has 8 atom stereocenters. The Morgan fingerprint density at radius 2 is 1.87 bits per heavy atom. The molecule has 0 saturated heterocycles. The van der Waals surface area contributed by atoms with Gasteiger partial charge in [0.05, 0.1) is 5.56 Å². The van der Waals surface area contributed by atoms with E-state index in [1.54, 1.807) is 12.4 Å². The molecular formula is C28H42N2O. The molecule has 1 aromatic rings. The van der Waals surface area contributed by atoms with Crippen LogP contribution >= 0.6 is 0 Å². The Morgan fingerprint density at radius 1 is 1.06 bits per heavy atom. The highest BCUT2D eigenvalue weighted by molar-refractivity contribution is 5.93. The number of carbonyl (C=O) groups excluding carboxylic acids is 1. The molecule has 0 unspecified atom stereocenters. The van der Waals surface area contributed by atoms with Gasteiger partial charge in [-0.15, -0.1) is 0 Å². The van der Waals surface area contributed by atoms with Crippen molar-refractivity contribution in [1.29, 1.82) is 0 Å². The highest BCUT2D eigenvalue weighted by atomic mass is 16.1. The average molecular weight is 423 g/mol. The van der Waals surface area contributed by atoms with Crippen LogP contribution in [-0.4, -0.2) is 17.4 Å². The van der Waals surface area contributed by atoms with E-state index in [9.17, 15) is 4.79 Å². The minimum Gasteiger partial charge on any atom is -0.352 e. The van der Waals surface area contributed by atoms with Crippen LogP contribution in [0.5, 0.6) is 0 Å². The van der Waals surface area contributed by atoms with Crippen molar-refractivity contribution in [1.82, 2.24) is 10.3 Å². The van der Waals surface area contributed by atoms with Gasteiger partial charge in [-0.05, 0) is 110 Å². The second-order valence-corrected chi connectivity index (χ2v) is 12.2. The topological polar surface area (TPSA) is 42.0 Å².